The molecule has 0 amide bonds. The number of unbranched alkanes of at least 4 members (excludes halogenated alkanes) is 2. The largest absolute Gasteiger partial charge is 0.439 e. The number of halogens is 7. The molecule has 0 heterocycles. The zero-order chi connectivity index (χ0) is 30.3. The van der Waals surface area contributed by atoms with Gasteiger partial charge in [-0.25, -0.2) is 8.78 Å². The molecule has 0 N–H and O–H groups in total. The Balaban J connectivity index is 1.33. The molecule has 1 atom stereocenters. The normalized spacial score (nSPS) is 18.8. The maximum atomic E-state index is 14.4. The summed E-state index contributed by atoms with van der Waals surface area (Å²) in [6.07, 6.45) is -1.35. The van der Waals surface area contributed by atoms with Crippen molar-refractivity contribution in [2.24, 2.45) is 5.92 Å². The molecule has 1 aliphatic carbocycles. The quantitative estimate of drug-likeness (QED) is 0.122. The van der Waals surface area contributed by atoms with Crippen LogP contribution in [0.1, 0.15) is 80.9 Å². The highest BCUT2D eigenvalue weighted by molar-refractivity contribution is 5.72. The molecule has 1 saturated carbocycles. The molecular weight excluding hydrogens is 557 g/mol. The maximum Gasteiger partial charge on any atom is 0.439 e. The van der Waals surface area contributed by atoms with Gasteiger partial charge in [0, 0.05) is 0 Å². The molecule has 8 heteroatoms. The first-order chi connectivity index (χ1) is 20.0. The van der Waals surface area contributed by atoms with Crippen molar-refractivity contribution < 1.29 is 35.5 Å². The second kappa shape index (κ2) is 13.8. The van der Waals surface area contributed by atoms with E-state index in [1.807, 2.05) is 12.2 Å². The molecule has 3 aromatic carbocycles. The van der Waals surface area contributed by atoms with Crippen LogP contribution in [0, 0.1) is 11.7 Å². The second-order valence-corrected chi connectivity index (χ2v) is 11.0. The Morgan fingerprint density at radius 2 is 1.36 bits per heavy atom. The predicted octanol–water partition coefficient (Wildman–Crippen LogP) is 11.4. The van der Waals surface area contributed by atoms with Crippen LogP contribution in [0.15, 0.2) is 66.7 Å². The summed E-state index contributed by atoms with van der Waals surface area (Å²) >= 11 is 0. The fraction of sp³-hybridized carbons (Fsp3) is 0.412. The zero-order valence-corrected chi connectivity index (χ0v) is 23.4. The molecule has 226 valence electrons. The molecule has 3 aromatic rings. The van der Waals surface area contributed by atoms with Gasteiger partial charge in [0.05, 0.1) is 0 Å². The summed E-state index contributed by atoms with van der Waals surface area (Å²) in [6.45, 7) is 2.24. The van der Waals surface area contributed by atoms with Crippen LogP contribution in [-0.2, 0) is 0 Å². The van der Waals surface area contributed by atoms with Crippen molar-refractivity contribution in [3.63, 3.8) is 0 Å². The van der Waals surface area contributed by atoms with Gasteiger partial charge in [-0.3, -0.25) is 0 Å². The van der Waals surface area contributed by atoms with E-state index in [9.17, 15) is 30.7 Å². The van der Waals surface area contributed by atoms with Crippen LogP contribution in [0.25, 0.3) is 23.3 Å². The lowest BCUT2D eigenvalue weighted by Crippen LogP contribution is -2.45. The molecular formula is C34H35F7O. The Bertz CT molecular complexity index is 1310. The highest BCUT2D eigenvalue weighted by Crippen LogP contribution is 2.39. The van der Waals surface area contributed by atoms with Gasteiger partial charge in [0.2, 0.25) is 0 Å². The predicted molar refractivity (Wildman–Crippen MR) is 153 cm³/mol. The Kier molecular flexibility index (Phi) is 10.4. The van der Waals surface area contributed by atoms with E-state index < -0.39 is 30.0 Å². The Morgan fingerprint density at radius 3 is 1.90 bits per heavy atom. The van der Waals surface area contributed by atoms with Gasteiger partial charge in [-0.15, -0.1) is 0 Å². The van der Waals surface area contributed by atoms with Crippen molar-refractivity contribution in [1.82, 2.24) is 0 Å². The lowest BCUT2D eigenvalue weighted by molar-refractivity contribution is -0.305. The third-order valence-corrected chi connectivity index (χ3v) is 7.94. The maximum absolute atomic E-state index is 14.4. The van der Waals surface area contributed by atoms with Crippen molar-refractivity contribution >= 4 is 12.2 Å². The molecule has 1 fully saturated rings. The van der Waals surface area contributed by atoms with E-state index in [-0.39, 0.29) is 5.56 Å². The standard InChI is InChI=1S/C34H35F7O/c1-2-3-4-5-23-8-14-26(15-9-23)27-16-10-24(11-17-27)6-7-25-12-18-28(19-13-25)29-20-21-31(30(35)22-29)42-34(40,41)32(36)33(37,38)39/h6-7,10-13,16-23,26,32H,2-5,8-9,14-15H2,1H3. The summed E-state index contributed by atoms with van der Waals surface area (Å²) in [5.74, 6) is -1.02. The lowest BCUT2D eigenvalue weighted by atomic mass is 9.77. The van der Waals surface area contributed by atoms with Crippen molar-refractivity contribution in [2.75, 3.05) is 0 Å². The number of alkyl halides is 6. The fourth-order valence-electron chi connectivity index (χ4n) is 5.48. The first-order valence-electron chi connectivity index (χ1n) is 14.4. The minimum Gasteiger partial charge on any atom is -0.427 e. The van der Waals surface area contributed by atoms with E-state index in [1.165, 1.54) is 63.0 Å². The molecule has 42 heavy (non-hydrogen) atoms. The topological polar surface area (TPSA) is 9.23 Å². The van der Waals surface area contributed by atoms with Crippen molar-refractivity contribution in [3.05, 3.63) is 89.2 Å². The molecule has 1 aliphatic rings. The Morgan fingerprint density at radius 1 is 0.786 bits per heavy atom. The van der Waals surface area contributed by atoms with Crippen LogP contribution in [0.3, 0.4) is 0 Å². The van der Waals surface area contributed by atoms with Gasteiger partial charge in [0.1, 0.15) is 0 Å². The van der Waals surface area contributed by atoms with Crippen LogP contribution >= 0.6 is 0 Å². The third kappa shape index (κ3) is 8.39. The van der Waals surface area contributed by atoms with E-state index >= 15 is 0 Å². The number of ether oxygens (including phenoxy) is 1. The Labute approximate surface area is 242 Å². The second-order valence-electron chi connectivity index (χ2n) is 11.0. The number of hydrogen-bond donors (Lipinski definition) is 0. The minimum atomic E-state index is -5.86. The van der Waals surface area contributed by atoms with Crippen LogP contribution < -0.4 is 4.74 Å². The van der Waals surface area contributed by atoms with Crippen LogP contribution in [0.2, 0.25) is 0 Å². The smallest absolute Gasteiger partial charge is 0.427 e. The summed E-state index contributed by atoms with van der Waals surface area (Å²) in [4.78, 5) is 0. The summed E-state index contributed by atoms with van der Waals surface area (Å²) in [6, 6.07) is 18.4. The molecule has 0 spiro atoms. The van der Waals surface area contributed by atoms with Gasteiger partial charge in [-0.05, 0) is 77.5 Å². The molecule has 0 radical (unpaired) electrons. The molecule has 0 aromatic heterocycles. The van der Waals surface area contributed by atoms with Crippen molar-refractivity contribution in [1.29, 1.82) is 0 Å². The number of hydrogen-bond acceptors (Lipinski definition) is 1. The molecule has 0 bridgehead atoms. The van der Waals surface area contributed by atoms with Crippen molar-refractivity contribution in [2.45, 2.75) is 82.7 Å². The average Bonchev–Trinajstić information content (AvgIpc) is 2.97. The van der Waals surface area contributed by atoms with Gasteiger partial charge in [-0.2, -0.15) is 22.0 Å². The van der Waals surface area contributed by atoms with Gasteiger partial charge >= 0.3 is 12.3 Å². The summed E-state index contributed by atoms with van der Waals surface area (Å²) in [5, 5.41) is 0. The molecule has 0 saturated heterocycles. The van der Waals surface area contributed by atoms with Crippen LogP contribution in [0.5, 0.6) is 5.75 Å². The van der Waals surface area contributed by atoms with Gasteiger partial charge in [0.15, 0.2) is 11.6 Å². The van der Waals surface area contributed by atoms with Gasteiger partial charge < -0.3 is 4.74 Å². The first kappa shape index (κ1) is 31.6. The molecule has 1 nitrogen and oxygen atoms in total. The summed E-state index contributed by atoms with van der Waals surface area (Å²) in [7, 11) is 0. The highest BCUT2D eigenvalue weighted by Gasteiger charge is 2.59. The third-order valence-electron chi connectivity index (χ3n) is 7.94. The highest BCUT2D eigenvalue weighted by atomic mass is 19.4. The minimum absolute atomic E-state index is 0.289. The molecule has 4 rings (SSSR count). The zero-order valence-electron chi connectivity index (χ0n) is 23.4. The molecule has 1 unspecified atom stereocenters. The Hall–Kier alpha value is -3.29. The first-order valence-corrected chi connectivity index (χ1v) is 14.4. The van der Waals surface area contributed by atoms with E-state index in [2.05, 4.69) is 35.9 Å². The average molecular weight is 593 g/mol. The van der Waals surface area contributed by atoms with E-state index in [0.717, 1.165) is 29.2 Å². The summed E-state index contributed by atoms with van der Waals surface area (Å²) in [5.41, 5.74) is 4.17. The fourth-order valence-corrected chi connectivity index (χ4v) is 5.48. The number of rotatable bonds is 11. The van der Waals surface area contributed by atoms with E-state index in [0.29, 0.717) is 11.5 Å². The van der Waals surface area contributed by atoms with Crippen LogP contribution in [0.4, 0.5) is 30.7 Å². The summed E-state index contributed by atoms with van der Waals surface area (Å²) < 4.78 is 95.2. The van der Waals surface area contributed by atoms with E-state index in [1.54, 1.807) is 24.3 Å². The SMILES string of the molecule is CCCCCC1CCC(c2ccc(C=Cc3ccc(-c4ccc(OC(F)(F)C(F)C(F)(F)F)c(F)c4)cc3)cc2)CC1. The van der Waals surface area contributed by atoms with Gasteiger partial charge in [-0.1, -0.05) is 99.4 Å². The lowest BCUT2D eigenvalue weighted by Gasteiger charge is -2.29. The van der Waals surface area contributed by atoms with E-state index in [4.69, 9.17) is 0 Å². The number of benzene rings is 3. The monoisotopic (exact) mass is 592 g/mol. The van der Waals surface area contributed by atoms with Gasteiger partial charge in [0.25, 0.3) is 6.17 Å². The molecule has 0 aliphatic heterocycles. The van der Waals surface area contributed by atoms with Crippen molar-refractivity contribution in [3.8, 4) is 16.9 Å². The van der Waals surface area contributed by atoms with Crippen LogP contribution in [-0.4, -0.2) is 18.5 Å².